The Morgan fingerprint density at radius 3 is 2.70 bits per heavy atom. The Labute approximate surface area is 138 Å². The van der Waals surface area contributed by atoms with Crippen molar-refractivity contribution >= 4 is 29.0 Å². The molecule has 1 atom stereocenters. The summed E-state index contributed by atoms with van der Waals surface area (Å²) in [5.74, 6) is -1.59. The lowest BCUT2D eigenvalue weighted by atomic mass is 9.77. The summed E-state index contributed by atoms with van der Waals surface area (Å²) in [6.07, 6.45) is 1.39. The third-order valence-electron chi connectivity index (χ3n) is 4.90. The maximum atomic E-state index is 11.7. The Morgan fingerprint density at radius 1 is 1.43 bits per heavy atom. The summed E-state index contributed by atoms with van der Waals surface area (Å²) >= 11 is 1.46. The first-order valence-electron chi connectivity index (χ1n) is 7.74. The van der Waals surface area contributed by atoms with Gasteiger partial charge in [-0.3, -0.25) is 19.3 Å². The molecule has 2 aliphatic heterocycles. The normalized spacial score (nSPS) is 23.9. The molecule has 1 spiro atoms. The molecule has 2 aliphatic rings. The smallest absolute Gasteiger partial charge is 0.309 e. The quantitative estimate of drug-likeness (QED) is 0.814. The van der Waals surface area contributed by atoms with Crippen LogP contribution in [0.2, 0.25) is 0 Å². The number of nitrogens with zero attached hydrogens (tertiary/aromatic N) is 1. The number of ketones is 1. The van der Waals surface area contributed by atoms with Gasteiger partial charge in [0, 0.05) is 26.1 Å². The van der Waals surface area contributed by atoms with Crippen LogP contribution in [0.1, 0.15) is 41.4 Å². The van der Waals surface area contributed by atoms with E-state index in [-0.39, 0.29) is 18.1 Å². The average molecular weight is 336 g/mol. The van der Waals surface area contributed by atoms with E-state index in [1.165, 1.54) is 11.3 Å². The number of nitrogens with one attached hydrogen (secondary N) is 1. The highest BCUT2D eigenvalue weighted by Gasteiger charge is 2.51. The van der Waals surface area contributed by atoms with Crippen LogP contribution in [0.5, 0.6) is 0 Å². The molecule has 1 unspecified atom stereocenters. The molecule has 6 nitrogen and oxygen atoms in total. The molecule has 2 N–H and O–H groups in total. The summed E-state index contributed by atoms with van der Waals surface area (Å²) in [7, 11) is 0. The van der Waals surface area contributed by atoms with Crippen LogP contribution in [0.25, 0.3) is 0 Å². The molecule has 7 heteroatoms. The van der Waals surface area contributed by atoms with Crippen LogP contribution >= 0.6 is 11.3 Å². The van der Waals surface area contributed by atoms with Crippen LogP contribution in [0.3, 0.4) is 0 Å². The highest BCUT2D eigenvalue weighted by Crippen LogP contribution is 2.37. The minimum Gasteiger partial charge on any atom is -0.481 e. The summed E-state index contributed by atoms with van der Waals surface area (Å²) in [6.45, 7) is 3.81. The van der Waals surface area contributed by atoms with E-state index in [9.17, 15) is 19.5 Å². The molecule has 3 rings (SSSR count). The van der Waals surface area contributed by atoms with E-state index in [0.29, 0.717) is 12.8 Å². The van der Waals surface area contributed by atoms with Crippen molar-refractivity contribution in [3.8, 4) is 0 Å². The lowest BCUT2D eigenvalue weighted by Gasteiger charge is -2.41. The van der Waals surface area contributed by atoms with Crippen molar-refractivity contribution in [1.82, 2.24) is 10.2 Å². The number of amides is 1. The van der Waals surface area contributed by atoms with E-state index in [2.05, 4.69) is 10.2 Å². The fraction of sp³-hybridized carbons (Fsp3) is 0.562. The van der Waals surface area contributed by atoms with Gasteiger partial charge in [-0.15, -0.1) is 11.3 Å². The number of thiophene rings is 1. The highest BCUT2D eigenvalue weighted by molar-refractivity contribution is 7.12. The third kappa shape index (κ3) is 3.16. The molecule has 2 fully saturated rings. The Balaban J connectivity index is 1.62. The van der Waals surface area contributed by atoms with Crippen LogP contribution in [0.15, 0.2) is 11.4 Å². The monoisotopic (exact) mass is 336 g/mol. The molecule has 0 bridgehead atoms. The predicted molar refractivity (Wildman–Crippen MR) is 85.5 cm³/mol. The molecule has 124 valence electrons. The van der Waals surface area contributed by atoms with E-state index < -0.39 is 17.4 Å². The van der Waals surface area contributed by atoms with Gasteiger partial charge in [0.2, 0.25) is 5.91 Å². The van der Waals surface area contributed by atoms with E-state index in [1.54, 1.807) is 6.92 Å². The fourth-order valence-electron chi connectivity index (χ4n) is 3.61. The van der Waals surface area contributed by atoms with Crippen molar-refractivity contribution in [1.29, 1.82) is 0 Å². The topological polar surface area (TPSA) is 86.7 Å². The molecule has 1 amide bonds. The van der Waals surface area contributed by atoms with Gasteiger partial charge in [-0.2, -0.15) is 0 Å². The van der Waals surface area contributed by atoms with Gasteiger partial charge in [-0.1, -0.05) is 0 Å². The number of Topliss-reactive ketones (excluding diaryl/α,β-unsaturated/α-hetero) is 1. The minimum absolute atomic E-state index is 0.0804. The van der Waals surface area contributed by atoms with Gasteiger partial charge in [0.25, 0.3) is 0 Å². The Hall–Kier alpha value is -1.73. The number of carboxylic acid groups (broad SMARTS) is 1. The number of hydrogen-bond acceptors (Lipinski definition) is 5. The third-order valence-corrected chi connectivity index (χ3v) is 5.98. The Kier molecular flexibility index (Phi) is 4.25. The molecule has 1 aromatic heterocycles. The van der Waals surface area contributed by atoms with Gasteiger partial charge >= 0.3 is 5.97 Å². The average Bonchev–Trinajstić information content (AvgIpc) is 3.07. The molecule has 3 heterocycles. The first-order chi connectivity index (χ1) is 10.9. The molecule has 0 saturated carbocycles. The van der Waals surface area contributed by atoms with Crippen molar-refractivity contribution in [3.05, 3.63) is 21.9 Å². The minimum atomic E-state index is -0.888. The van der Waals surface area contributed by atoms with E-state index in [0.717, 1.165) is 30.1 Å². The summed E-state index contributed by atoms with van der Waals surface area (Å²) in [4.78, 5) is 37.4. The van der Waals surface area contributed by atoms with Crippen LogP contribution in [0.4, 0.5) is 0 Å². The number of aliphatic carboxylic acids is 1. The van der Waals surface area contributed by atoms with Crippen molar-refractivity contribution in [2.24, 2.45) is 5.92 Å². The van der Waals surface area contributed by atoms with Crippen molar-refractivity contribution in [3.63, 3.8) is 0 Å². The second-order valence-corrected chi connectivity index (χ2v) is 7.36. The Bertz CT molecular complexity index is 646. The largest absolute Gasteiger partial charge is 0.481 e. The second-order valence-electron chi connectivity index (χ2n) is 6.45. The molecule has 1 aromatic rings. The molecule has 23 heavy (non-hydrogen) atoms. The van der Waals surface area contributed by atoms with Crippen LogP contribution in [-0.4, -0.2) is 46.3 Å². The van der Waals surface area contributed by atoms with Crippen LogP contribution < -0.4 is 5.32 Å². The number of carbonyl (C=O) groups excluding carboxylic acids is 2. The molecule has 0 aliphatic carbocycles. The number of likely N-dealkylation sites (tertiary alicyclic amines) is 1. The predicted octanol–water partition coefficient (Wildman–Crippen LogP) is 1.51. The fourth-order valence-corrected chi connectivity index (χ4v) is 4.41. The van der Waals surface area contributed by atoms with Gasteiger partial charge < -0.3 is 10.4 Å². The molecule has 0 aromatic carbocycles. The van der Waals surface area contributed by atoms with Crippen molar-refractivity contribution in [2.45, 2.75) is 38.3 Å². The lowest BCUT2D eigenvalue weighted by Crippen LogP contribution is -2.55. The van der Waals surface area contributed by atoms with E-state index in [1.807, 2.05) is 11.4 Å². The number of piperidine rings is 1. The lowest BCUT2D eigenvalue weighted by molar-refractivity contribution is -0.144. The number of carbonyl (C=O) groups is 3. The standard InChI is InChI=1S/C16H20N2O4S/c1-10(19)13-6-11(9-23-13)8-18-4-2-16(3-5-18)12(15(21)22)7-14(20)17-16/h6,9,12H,2-5,7-8H2,1H3,(H,17,20)(H,21,22). The summed E-state index contributed by atoms with van der Waals surface area (Å²) in [5, 5.41) is 14.3. The highest BCUT2D eigenvalue weighted by atomic mass is 32.1. The summed E-state index contributed by atoms with van der Waals surface area (Å²) in [6, 6.07) is 1.93. The molecular formula is C16H20N2O4S. The zero-order valence-corrected chi connectivity index (χ0v) is 13.8. The number of rotatable bonds is 4. The maximum absolute atomic E-state index is 11.7. The van der Waals surface area contributed by atoms with Gasteiger partial charge in [0.1, 0.15) is 0 Å². The first-order valence-corrected chi connectivity index (χ1v) is 8.62. The summed E-state index contributed by atoms with van der Waals surface area (Å²) in [5.41, 5.74) is 0.528. The van der Waals surface area contributed by atoms with Gasteiger partial charge in [0.15, 0.2) is 5.78 Å². The molecular weight excluding hydrogens is 316 g/mol. The molecule has 0 radical (unpaired) electrons. The van der Waals surface area contributed by atoms with Crippen molar-refractivity contribution in [2.75, 3.05) is 13.1 Å². The van der Waals surface area contributed by atoms with Gasteiger partial charge in [-0.25, -0.2) is 0 Å². The SMILES string of the molecule is CC(=O)c1cc(CN2CCC3(CC2)NC(=O)CC3C(=O)O)cs1. The van der Waals surface area contributed by atoms with Crippen LogP contribution in [0, 0.1) is 5.92 Å². The zero-order chi connectivity index (χ0) is 16.6. The van der Waals surface area contributed by atoms with Crippen molar-refractivity contribution < 1.29 is 19.5 Å². The first kappa shape index (κ1) is 16.1. The van der Waals surface area contributed by atoms with Gasteiger partial charge in [-0.05, 0) is 36.8 Å². The van der Waals surface area contributed by atoms with E-state index in [4.69, 9.17) is 0 Å². The van der Waals surface area contributed by atoms with Crippen LogP contribution in [-0.2, 0) is 16.1 Å². The van der Waals surface area contributed by atoms with Gasteiger partial charge in [0.05, 0.1) is 16.3 Å². The van der Waals surface area contributed by atoms with E-state index >= 15 is 0 Å². The zero-order valence-electron chi connectivity index (χ0n) is 13.0. The second kappa shape index (κ2) is 6.05. The summed E-state index contributed by atoms with van der Waals surface area (Å²) < 4.78 is 0. The number of hydrogen-bond donors (Lipinski definition) is 2. The molecule has 2 saturated heterocycles. The Morgan fingerprint density at radius 2 is 2.13 bits per heavy atom. The maximum Gasteiger partial charge on any atom is 0.309 e. The number of carboxylic acids is 1.